The van der Waals surface area contributed by atoms with Gasteiger partial charge in [0, 0.05) is 24.0 Å². The number of anilines is 2. The number of carbonyl (C=O) groups excluding carboxylic acids is 2. The van der Waals surface area contributed by atoms with Gasteiger partial charge in [0.25, 0.3) is 5.91 Å². The summed E-state index contributed by atoms with van der Waals surface area (Å²) in [6, 6.07) is 24.9. The number of aryl methyl sites for hydroxylation is 1. The van der Waals surface area contributed by atoms with E-state index in [1.165, 1.54) is 0 Å². The summed E-state index contributed by atoms with van der Waals surface area (Å²) in [5.74, 6) is -0.114. The maximum atomic E-state index is 13.5. The molecule has 1 heterocycles. The summed E-state index contributed by atoms with van der Waals surface area (Å²) < 4.78 is 13.9. The average Bonchev–Trinajstić information content (AvgIpc) is 2.93. The molecule has 2 amide bonds. The Balaban J connectivity index is 1.30. The molecule has 0 atom stereocenters. The van der Waals surface area contributed by atoms with E-state index in [1.807, 2.05) is 95.8 Å². The minimum Gasteiger partial charge on any atom is -0.447 e. The van der Waals surface area contributed by atoms with Crippen molar-refractivity contribution in [3.05, 3.63) is 101 Å². The Labute approximate surface area is 231 Å². The zero-order chi connectivity index (χ0) is 26.7. The van der Waals surface area contributed by atoms with Crippen molar-refractivity contribution >= 4 is 50.1 Å². The highest BCUT2D eigenvalue weighted by atomic mass is 79.9. The van der Waals surface area contributed by atoms with E-state index < -0.39 is 6.09 Å². The van der Waals surface area contributed by atoms with E-state index in [-0.39, 0.29) is 25.7 Å². The third-order valence-electron chi connectivity index (χ3n) is 5.88. The number of para-hydroxylation sites is 1. The van der Waals surface area contributed by atoms with Crippen LogP contribution >= 0.6 is 15.9 Å². The van der Waals surface area contributed by atoms with Gasteiger partial charge in [0.05, 0.1) is 23.4 Å². The molecule has 0 fully saturated rings. The number of carbonyl (C=O) groups is 2. The van der Waals surface area contributed by atoms with Crippen LogP contribution in [0.2, 0.25) is 0 Å². The fourth-order valence-electron chi connectivity index (χ4n) is 4.14. The molecule has 0 saturated heterocycles. The number of nitrogens with zero attached hydrogens (tertiary/aromatic N) is 2. The molecule has 4 aromatic rings. The van der Waals surface area contributed by atoms with Gasteiger partial charge in [0.2, 0.25) is 0 Å². The smallest absolute Gasteiger partial charge is 0.411 e. The molecule has 4 rings (SSSR count). The molecule has 0 saturated carbocycles. The summed E-state index contributed by atoms with van der Waals surface area (Å²) in [6.45, 7) is 3.87. The lowest BCUT2D eigenvalue weighted by atomic mass is 10.1. The SMILES string of the molecule is CCC[n+]1cc(Br)cc(C(=O)N(CCOCCOC(=O)Nc2cccc3ccccc23)c2ccccc2)c1. The Kier molecular flexibility index (Phi) is 9.84. The minimum atomic E-state index is -0.541. The van der Waals surface area contributed by atoms with E-state index in [4.69, 9.17) is 9.47 Å². The third-order valence-corrected chi connectivity index (χ3v) is 6.31. The van der Waals surface area contributed by atoms with Crippen LogP contribution in [-0.2, 0) is 16.0 Å². The molecule has 1 N–H and O–H groups in total. The predicted molar refractivity (Wildman–Crippen MR) is 152 cm³/mol. The van der Waals surface area contributed by atoms with Crippen LogP contribution in [0.4, 0.5) is 16.2 Å². The molecular weight excluding hydrogens is 546 g/mol. The first kappa shape index (κ1) is 27.3. The van der Waals surface area contributed by atoms with Crippen LogP contribution in [0.1, 0.15) is 23.7 Å². The number of aromatic nitrogens is 1. The van der Waals surface area contributed by atoms with Crippen LogP contribution < -0.4 is 14.8 Å². The molecule has 7 nitrogen and oxygen atoms in total. The van der Waals surface area contributed by atoms with Gasteiger partial charge in [-0.3, -0.25) is 10.1 Å². The van der Waals surface area contributed by atoms with Gasteiger partial charge in [0.15, 0.2) is 12.4 Å². The standard InChI is InChI=1S/C30H30BrN3O4/c1-2-15-33-21-24(20-25(31)22-33)29(35)34(26-11-4-3-5-12-26)16-17-37-18-19-38-30(36)32-28-14-8-10-23-9-6-7-13-27(23)28/h3-14,20-22H,2,15-19H2,1H3/p+1. The Morgan fingerprint density at radius 3 is 2.50 bits per heavy atom. The first-order valence-corrected chi connectivity index (χ1v) is 13.4. The van der Waals surface area contributed by atoms with Crippen molar-refractivity contribution in [3.8, 4) is 0 Å². The summed E-state index contributed by atoms with van der Waals surface area (Å²) in [5, 5.41) is 4.77. The van der Waals surface area contributed by atoms with Crippen LogP contribution in [0.15, 0.2) is 95.7 Å². The van der Waals surface area contributed by atoms with Gasteiger partial charge in [-0.2, -0.15) is 0 Å². The largest absolute Gasteiger partial charge is 0.447 e. The Morgan fingerprint density at radius 1 is 0.921 bits per heavy atom. The van der Waals surface area contributed by atoms with Gasteiger partial charge in [-0.05, 0) is 45.6 Å². The Morgan fingerprint density at radius 2 is 1.68 bits per heavy atom. The predicted octanol–water partition coefficient (Wildman–Crippen LogP) is 6.21. The highest BCUT2D eigenvalue weighted by Gasteiger charge is 2.21. The van der Waals surface area contributed by atoms with Gasteiger partial charge < -0.3 is 14.4 Å². The number of pyridine rings is 1. The number of hydrogen-bond acceptors (Lipinski definition) is 4. The zero-order valence-corrected chi connectivity index (χ0v) is 22.9. The van der Waals surface area contributed by atoms with Gasteiger partial charge in [-0.15, -0.1) is 0 Å². The van der Waals surface area contributed by atoms with Gasteiger partial charge in [-0.1, -0.05) is 61.5 Å². The maximum absolute atomic E-state index is 13.5. The Bertz CT molecular complexity index is 1380. The van der Waals surface area contributed by atoms with Crippen molar-refractivity contribution in [1.82, 2.24) is 0 Å². The van der Waals surface area contributed by atoms with Gasteiger partial charge in [0.1, 0.15) is 18.7 Å². The second kappa shape index (κ2) is 13.7. The summed E-state index contributed by atoms with van der Waals surface area (Å²) in [5.41, 5.74) is 2.07. The lowest BCUT2D eigenvalue weighted by Crippen LogP contribution is -2.38. The fraction of sp³-hybridized carbons (Fsp3) is 0.233. The number of halogens is 1. The molecule has 38 heavy (non-hydrogen) atoms. The van der Waals surface area contributed by atoms with E-state index in [9.17, 15) is 9.59 Å². The van der Waals surface area contributed by atoms with Crippen LogP contribution in [0, 0.1) is 0 Å². The Hall–Kier alpha value is -3.75. The van der Waals surface area contributed by atoms with E-state index in [0.717, 1.165) is 33.9 Å². The summed E-state index contributed by atoms with van der Waals surface area (Å²) in [4.78, 5) is 27.5. The van der Waals surface area contributed by atoms with E-state index in [0.29, 0.717) is 17.8 Å². The highest BCUT2D eigenvalue weighted by molar-refractivity contribution is 9.10. The van der Waals surface area contributed by atoms with Gasteiger partial charge >= 0.3 is 6.09 Å². The lowest BCUT2D eigenvalue weighted by molar-refractivity contribution is -0.697. The quantitative estimate of drug-likeness (QED) is 0.170. The van der Waals surface area contributed by atoms with E-state index >= 15 is 0 Å². The molecule has 0 aliphatic rings. The summed E-state index contributed by atoms with van der Waals surface area (Å²) in [6.07, 6.45) is 4.26. The highest BCUT2D eigenvalue weighted by Crippen LogP contribution is 2.23. The summed E-state index contributed by atoms with van der Waals surface area (Å²) >= 11 is 3.52. The number of fused-ring (bicyclic) bond motifs is 1. The van der Waals surface area contributed by atoms with E-state index in [2.05, 4.69) is 28.2 Å². The maximum Gasteiger partial charge on any atom is 0.411 e. The molecule has 196 valence electrons. The molecular formula is C30H31BrN3O4+. The van der Waals surface area contributed by atoms with Crippen molar-refractivity contribution in [1.29, 1.82) is 0 Å². The normalized spacial score (nSPS) is 10.8. The molecule has 0 aliphatic carbocycles. The number of hydrogen-bond donors (Lipinski definition) is 1. The molecule has 0 unspecified atom stereocenters. The van der Waals surface area contributed by atoms with Crippen molar-refractivity contribution < 1.29 is 23.6 Å². The minimum absolute atomic E-state index is 0.0958. The molecule has 0 spiro atoms. The molecule has 1 aromatic heterocycles. The second-order valence-corrected chi connectivity index (χ2v) is 9.59. The van der Waals surface area contributed by atoms with Crippen molar-refractivity contribution in [2.24, 2.45) is 0 Å². The number of nitrogens with one attached hydrogen (secondary N) is 1. The fourth-order valence-corrected chi connectivity index (χ4v) is 4.65. The van der Waals surface area contributed by atoms with Crippen LogP contribution in [-0.4, -0.2) is 38.4 Å². The molecule has 8 heteroatoms. The molecule has 0 bridgehead atoms. The molecule has 0 aliphatic heterocycles. The second-order valence-electron chi connectivity index (χ2n) is 8.67. The molecule has 0 radical (unpaired) electrons. The average molecular weight is 577 g/mol. The van der Waals surface area contributed by atoms with Gasteiger partial charge in [-0.25, -0.2) is 9.36 Å². The monoisotopic (exact) mass is 576 g/mol. The van der Waals surface area contributed by atoms with Crippen LogP contribution in [0.3, 0.4) is 0 Å². The lowest BCUT2D eigenvalue weighted by Gasteiger charge is -2.22. The number of rotatable bonds is 11. The van der Waals surface area contributed by atoms with Crippen molar-refractivity contribution in [3.63, 3.8) is 0 Å². The zero-order valence-electron chi connectivity index (χ0n) is 21.3. The number of amides is 2. The number of benzene rings is 3. The third kappa shape index (κ3) is 7.40. The van der Waals surface area contributed by atoms with Crippen LogP contribution in [0.5, 0.6) is 0 Å². The topological polar surface area (TPSA) is 71.8 Å². The van der Waals surface area contributed by atoms with Crippen molar-refractivity contribution in [2.45, 2.75) is 19.9 Å². The summed E-state index contributed by atoms with van der Waals surface area (Å²) in [7, 11) is 0. The molecule has 3 aromatic carbocycles. The van der Waals surface area contributed by atoms with Crippen molar-refractivity contribution in [2.75, 3.05) is 36.6 Å². The van der Waals surface area contributed by atoms with Crippen LogP contribution in [0.25, 0.3) is 10.8 Å². The first-order chi connectivity index (χ1) is 18.5. The number of ether oxygens (including phenoxy) is 2. The first-order valence-electron chi connectivity index (χ1n) is 12.6. The van der Waals surface area contributed by atoms with E-state index in [1.54, 1.807) is 4.90 Å².